The number of hydrogen-bond acceptors (Lipinski definition) is 7. The Morgan fingerprint density at radius 1 is 1.15 bits per heavy atom. The Labute approximate surface area is 196 Å². The van der Waals surface area contributed by atoms with Gasteiger partial charge >= 0.3 is 0 Å². The third-order valence-corrected chi connectivity index (χ3v) is 7.42. The number of amides is 1. The Morgan fingerprint density at radius 3 is 2.70 bits per heavy atom. The van der Waals surface area contributed by atoms with Crippen molar-refractivity contribution in [3.8, 4) is 5.88 Å². The number of para-hydroxylation sites is 2. The van der Waals surface area contributed by atoms with Gasteiger partial charge in [0.1, 0.15) is 11.4 Å². The van der Waals surface area contributed by atoms with Crippen molar-refractivity contribution in [2.45, 2.75) is 51.7 Å². The monoisotopic (exact) mass is 465 g/mol. The molecule has 3 heterocycles. The van der Waals surface area contributed by atoms with Gasteiger partial charge in [0, 0.05) is 13.2 Å². The van der Waals surface area contributed by atoms with E-state index in [0.717, 1.165) is 34.8 Å². The van der Waals surface area contributed by atoms with Crippen LogP contribution in [0.1, 0.15) is 59.2 Å². The number of carbonyl (C=O) groups is 1. The first kappa shape index (κ1) is 21.8. The first-order valence-electron chi connectivity index (χ1n) is 11.2. The van der Waals surface area contributed by atoms with E-state index in [0.29, 0.717) is 33.4 Å². The summed E-state index contributed by atoms with van der Waals surface area (Å²) in [4.78, 5) is 28.5. The number of anilines is 1. The molecule has 1 aliphatic rings. The highest BCUT2D eigenvalue weighted by atomic mass is 32.1. The van der Waals surface area contributed by atoms with Gasteiger partial charge in [-0.3, -0.25) is 10.1 Å². The van der Waals surface area contributed by atoms with Crippen molar-refractivity contribution in [2.75, 3.05) is 19.5 Å². The van der Waals surface area contributed by atoms with Crippen LogP contribution >= 0.6 is 11.3 Å². The number of methoxy groups -OCH3 is 2. The fraction of sp³-hybridized carbons (Fsp3) is 0.417. The van der Waals surface area contributed by atoms with Crippen LogP contribution in [0.4, 0.5) is 5.95 Å². The molecule has 0 bridgehead atoms. The summed E-state index contributed by atoms with van der Waals surface area (Å²) in [6.45, 7) is 2.18. The van der Waals surface area contributed by atoms with E-state index in [1.54, 1.807) is 14.2 Å². The minimum Gasteiger partial charge on any atom is -0.480 e. The SMILES string of the molecule is COCc1nc(OC)c2c(C)c(C(=O)Nc3nc4ccccc4n3C3CCCCC3)sc2n1. The lowest BCUT2D eigenvalue weighted by Crippen LogP contribution is -2.19. The zero-order valence-electron chi connectivity index (χ0n) is 19.1. The second-order valence-corrected chi connectivity index (χ2v) is 9.36. The Morgan fingerprint density at radius 2 is 1.94 bits per heavy atom. The number of carbonyl (C=O) groups excluding carboxylic acids is 1. The maximum absolute atomic E-state index is 13.5. The van der Waals surface area contributed by atoms with E-state index in [-0.39, 0.29) is 12.5 Å². The lowest BCUT2D eigenvalue weighted by molar-refractivity contribution is 0.102. The average Bonchev–Trinajstić information content (AvgIpc) is 3.36. The van der Waals surface area contributed by atoms with E-state index in [4.69, 9.17) is 14.5 Å². The molecule has 9 heteroatoms. The first-order valence-corrected chi connectivity index (χ1v) is 12.0. The zero-order chi connectivity index (χ0) is 22.9. The molecule has 0 saturated heterocycles. The second-order valence-electron chi connectivity index (χ2n) is 8.36. The first-order chi connectivity index (χ1) is 16.1. The number of fused-ring (bicyclic) bond motifs is 2. The highest BCUT2D eigenvalue weighted by molar-refractivity contribution is 7.20. The van der Waals surface area contributed by atoms with Crippen molar-refractivity contribution in [3.05, 3.63) is 40.5 Å². The number of benzene rings is 1. The Kier molecular flexibility index (Phi) is 5.99. The quantitative estimate of drug-likeness (QED) is 0.418. The summed E-state index contributed by atoms with van der Waals surface area (Å²) < 4.78 is 12.9. The summed E-state index contributed by atoms with van der Waals surface area (Å²) >= 11 is 1.33. The van der Waals surface area contributed by atoms with Crippen LogP contribution in [0, 0.1) is 6.92 Å². The van der Waals surface area contributed by atoms with Crippen molar-refractivity contribution in [3.63, 3.8) is 0 Å². The van der Waals surface area contributed by atoms with Gasteiger partial charge in [0.15, 0.2) is 5.82 Å². The lowest BCUT2D eigenvalue weighted by atomic mass is 9.95. The summed E-state index contributed by atoms with van der Waals surface area (Å²) in [6, 6.07) is 8.41. The molecule has 4 aromatic rings. The van der Waals surface area contributed by atoms with E-state index in [9.17, 15) is 4.79 Å². The fourth-order valence-corrected chi connectivity index (χ4v) is 5.79. The molecule has 1 aromatic carbocycles. The van der Waals surface area contributed by atoms with Crippen LogP contribution in [-0.4, -0.2) is 39.6 Å². The molecule has 0 atom stereocenters. The molecule has 1 aliphatic carbocycles. The Bertz CT molecular complexity index is 1320. The normalized spacial score (nSPS) is 14.8. The molecule has 1 amide bonds. The third-order valence-electron chi connectivity index (χ3n) is 6.24. The number of imidazole rings is 1. The van der Waals surface area contributed by atoms with Crippen LogP contribution in [0.5, 0.6) is 5.88 Å². The van der Waals surface area contributed by atoms with Crippen molar-refractivity contribution in [2.24, 2.45) is 0 Å². The number of aromatic nitrogens is 4. The molecule has 3 aromatic heterocycles. The smallest absolute Gasteiger partial charge is 0.268 e. The molecular formula is C24H27N5O3S. The average molecular weight is 466 g/mol. The van der Waals surface area contributed by atoms with Gasteiger partial charge in [0.25, 0.3) is 5.91 Å². The molecule has 1 N–H and O–H groups in total. The highest BCUT2D eigenvalue weighted by Gasteiger charge is 2.25. The van der Waals surface area contributed by atoms with Gasteiger partial charge in [-0.25, -0.2) is 9.97 Å². The van der Waals surface area contributed by atoms with E-state index in [1.165, 1.54) is 30.6 Å². The van der Waals surface area contributed by atoms with Gasteiger partial charge in [0.2, 0.25) is 11.8 Å². The molecule has 33 heavy (non-hydrogen) atoms. The molecule has 0 unspecified atom stereocenters. The molecule has 8 nitrogen and oxygen atoms in total. The predicted octanol–water partition coefficient (Wildman–Crippen LogP) is 5.26. The fourth-order valence-electron chi connectivity index (χ4n) is 4.70. The third kappa shape index (κ3) is 3.95. The predicted molar refractivity (Wildman–Crippen MR) is 129 cm³/mol. The molecule has 1 fully saturated rings. The van der Waals surface area contributed by atoms with Crippen molar-refractivity contribution in [1.29, 1.82) is 0 Å². The number of thiophene rings is 1. The largest absolute Gasteiger partial charge is 0.480 e. The minimum absolute atomic E-state index is 0.196. The number of nitrogens with zero attached hydrogens (tertiary/aromatic N) is 4. The van der Waals surface area contributed by atoms with E-state index >= 15 is 0 Å². The molecule has 1 saturated carbocycles. The van der Waals surface area contributed by atoms with Gasteiger partial charge in [0.05, 0.1) is 28.4 Å². The van der Waals surface area contributed by atoms with Gasteiger partial charge in [-0.15, -0.1) is 11.3 Å². The summed E-state index contributed by atoms with van der Waals surface area (Å²) in [5.74, 6) is 1.38. The van der Waals surface area contributed by atoms with Crippen molar-refractivity contribution in [1.82, 2.24) is 19.5 Å². The number of nitrogens with one attached hydrogen (secondary N) is 1. The minimum atomic E-state index is -0.196. The van der Waals surface area contributed by atoms with Gasteiger partial charge in [-0.1, -0.05) is 31.4 Å². The maximum atomic E-state index is 13.5. The number of hydrogen-bond donors (Lipinski definition) is 1. The van der Waals surface area contributed by atoms with Gasteiger partial charge in [-0.05, 0) is 37.5 Å². The van der Waals surface area contributed by atoms with Crippen molar-refractivity contribution >= 4 is 44.4 Å². The van der Waals surface area contributed by atoms with Crippen molar-refractivity contribution < 1.29 is 14.3 Å². The molecule has 0 spiro atoms. The summed E-state index contributed by atoms with van der Waals surface area (Å²) in [7, 11) is 3.17. The Hall–Kier alpha value is -3.04. The molecule has 5 rings (SSSR count). The van der Waals surface area contributed by atoms with E-state index in [2.05, 4.69) is 25.9 Å². The number of rotatable bonds is 6. The van der Waals surface area contributed by atoms with Crippen LogP contribution in [0.15, 0.2) is 24.3 Å². The number of ether oxygens (including phenoxy) is 2. The maximum Gasteiger partial charge on any atom is 0.268 e. The van der Waals surface area contributed by atoms with Gasteiger partial charge in [-0.2, -0.15) is 4.98 Å². The lowest BCUT2D eigenvalue weighted by Gasteiger charge is -2.25. The Balaban J connectivity index is 1.54. The van der Waals surface area contributed by atoms with Crippen LogP contribution in [0.25, 0.3) is 21.3 Å². The molecule has 0 radical (unpaired) electrons. The molecule has 172 valence electrons. The second kappa shape index (κ2) is 9.07. The number of aryl methyl sites for hydroxylation is 1. The standard InChI is InChI=1S/C24H27N5O3S/c1-14-19-22(32-3)26-18(13-31-2)27-23(19)33-20(14)21(30)28-24-25-16-11-7-8-12-17(16)29(24)15-9-5-4-6-10-15/h7-8,11-12,15H,4-6,9-10,13H2,1-3H3,(H,25,28,30). The molecule has 0 aliphatic heterocycles. The molecular weight excluding hydrogens is 438 g/mol. The van der Waals surface area contributed by atoms with Crippen LogP contribution in [-0.2, 0) is 11.3 Å². The summed E-state index contributed by atoms with van der Waals surface area (Å²) in [5.41, 5.74) is 2.75. The van der Waals surface area contributed by atoms with Crippen LogP contribution in [0.2, 0.25) is 0 Å². The summed E-state index contributed by atoms with van der Waals surface area (Å²) in [6.07, 6.45) is 5.85. The van der Waals surface area contributed by atoms with Gasteiger partial charge < -0.3 is 14.0 Å². The zero-order valence-corrected chi connectivity index (χ0v) is 19.9. The summed E-state index contributed by atoms with van der Waals surface area (Å²) in [5, 5.41) is 3.86. The van der Waals surface area contributed by atoms with Crippen LogP contribution in [0.3, 0.4) is 0 Å². The van der Waals surface area contributed by atoms with E-state index < -0.39 is 0 Å². The van der Waals surface area contributed by atoms with E-state index in [1.807, 2.05) is 25.1 Å². The topological polar surface area (TPSA) is 91.2 Å². The van der Waals surface area contributed by atoms with Crippen LogP contribution < -0.4 is 10.1 Å². The highest BCUT2D eigenvalue weighted by Crippen LogP contribution is 2.37.